The van der Waals surface area contributed by atoms with Gasteiger partial charge in [-0.3, -0.25) is 14.8 Å². The molecule has 3 rings (SSSR count). The molecule has 5 nitrogen and oxygen atoms in total. The van der Waals surface area contributed by atoms with E-state index in [4.69, 9.17) is 0 Å². The topological polar surface area (TPSA) is 58.1 Å². The third kappa shape index (κ3) is 4.74. The lowest BCUT2D eigenvalue weighted by Gasteiger charge is -2.20. The zero-order chi connectivity index (χ0) is 20.1. The Morgan fingerprint density at radius 2 is 1.68 bits per heavy atom. The van der Waals surface area contributed by atoms with Crippen LogP contribution in [0.4, 0.5) is 11.4 Å². The molecule has 2 aromatic heterocycles. The molecule has 2 heterocycles. The number of hydrogen-bond donors (Lipinski definition) is 1. The highest BCUT2D eigenvalue weighted by molar-refractivity contribution is 6.04. The normalized spacial score (nSPS) is 10.6. The van der Waals surface area contributed by atoms with Gasteiger partial charge in [-0.15, -0.1) is 0 Å². The molecular weight excluding hydrogens is 348 g/mol. The Morgan fingerprint density at radius 3 is 2.36 bits per heavy atom. The maximum Gasteiger partial charge on any atom is 0.274 e. The first kappa shape index (κ1) is 19.5. The third-order valence-corrected chi connectivity index (χ3v) is 4.82. The second kappa shape index (κ2) is 8.65. The fourth-order valence-corrected chi connectivity index (χ4v) is 3.31. The van der Waals surface area contributed by atoms with Gasteiger partial charge in [-0.05, 0) is 68.1 Å². The van der Waals surface area contributed by atoms with Crippen LogP contribution < -0.4 is 10.2 Å². The van der Waals surface area contributed by atoms with Crippen LogP contribution in [-0.2, 0) is 6.42 Å². The van der Waals surface area contributed by atoms with Gasteiger partial charge in [0.15, 0.2) is 0 Å². The highest BCUT2D eigenvalue weighted by Crippen LogP contribution is 2.23. The molecule has 28 heavy (non-hydrogen) atoms. The van der Waals surface area contributed by atoms with Crippen molar-refractivity contribution >= 4 is 17.3 Å². The van der Waals surface area contributed by atoms with Crippen molar-refractivity contribution in [2.75, 3.05) is 23.8 Å². The molecule has 0 saturated heterocycles. The van der Waals surface area contributed by atoms with Crippen LogP contribution in [0.3, 0.4) is 0 Å². The molecule has 1 aromatic carbocycles. The summed E-state index contributed by atoms with van der Waals surface area (Å²) in [6, 6.07) is 11.9. The molecule has 0 aliphatic carbocycles. The molecular formula is C23H26N4O. The molecule has 0 aliphatic rings. The average molecular weight is 374 g/mol. The van der Waals surface area contributed by atoms with Gasteiger partial charge in [0, 0.05) is 43.6 Å². The summed E-state index contributed by atoms with van der Waals surface area (Å²) in [6.07, 6.45) is 6.20. The van der Waals surface area contributed by atoms with Crippen molar-refractivity contribution in [3.05, 3.63) is 82.9 Å². The number of hydrogen-bond acceptors (Lipinski definition) is 4. The first-order valence-corrected chi connectivity index (χ1v) is 9.39. The second-order valence-corrected chi connectivity index (χ2v) is 7.15. The van der Waals surface area contributed by atoms with Crippen molar-refractivity contribution in [2.24, 2.45) is 0 Å². The number of likely N-dealkylation sites (N-methyl/N-ethyl adjacent to an activating group) is 1. The molecule has 0 unspecified atom stereocenters. The van der Waals surface area contributed by atoms with E-state index in [0.717, 1.165) is 35.5 Å². The Labute approximate surface area is 166 Å². The van der Waals surface area contributed by atoms with Crippen molar-refractivity contribution in [2.45, 2.75) is 27.2 Å². The summed E-state index contributed by atoms with van der Waals surface area (Å²) in [5.74, 6) is -0.195. The van der Waals surface area contributed by atoms with Crippen LogP contribution in [0.2, 0.25) is 0 Å². The van der Waals surface area contributed by atoms with Crippen LogP contribution in [0.25, 0.3) is 0 Å². The smallest absolute Gasteiger partial charge is 0.274 e. The van der Waals surface area contributed by atoms with Gasteiger partial charge in [0.2, 0.25) is 0 Å². The Hall–Kier alpha value is -3.21. The van der Waals surface area contributed by atoms with E-state index in [1.807, 2.05) is 45.2 Å². The predicted molar refractivity (Wildman–Crippen MR) is 114 cm³/mol. The SMILES string of the molecule is Cc1cc(C)c(NC(=O)c2cc(N(C)CCc3ccncc3)ccn2)c(C)c1. The van der Waals surface area contributed by atoms with Crippen LogP contribution in [-0.4, -0.2) is 29.5 Å². The summed E-state index contributed by atoms with van der Waals surface area (Å²) >= 11 is 0. The first-order valence-electron chi connectivity index (χ1n) is 9.39. The maximum absolute atomic E-state index is 12.8. The molecule has 0 bridgehead atoms. The van der Waals surface area contributed by atoms with Crippen LogP contribution in [0.15, 0.2) is 55.0 Å². The molecule has 0 fully saturated rings. The van der Waals surface area contributed by atoms with Gasteiger partial charge in [0.05, 0.1) is 0 Å². The number of amides is 1. The number of aromatic nitrogens is 2. The van der Waals surface area contributed by atoms with Crippen molar-refractivity contribution < 1.29 is 4.79 Å². The quantitative estimate of drug-likeness (QED) is 0.698. The molecule has 0 atom stereocenters. The van der Waals surface area contributed by atoms with E-state index < -0.39 is 0 Å². The minimum absolute atomic E-state index is 0.195. The highest BCUT2D eigenvalue weighted by Gasteiger charge is 2.13. The fourth-order valence-electron chi connectivity index (χ4n) is 3.31. The van der Waals surface area contributed by atoms with Crippen LogP contribution in [0, 0.1) is 20.8 Å². The van der Waals surface area contributed by atoms with Gasteiger partial charge < -0.3 is 10.2 Å². The van der Waals surface area contributed by atoms with E-state index in [-0.39, 0.29) is 5.91 Å². The van der Waals surface area contributed by atoms with Crippen molar-refractivity contribution in [1.82, 2.24) is 9.97 Å². The molecule has 144 valence electrons. The van der Waals surface area contributed by atoms with E-state index in [1.165, 1.54) is 11.1 Å². The van der Waals surface area contributed by atoms with E-state index >= 15 is 0 Å². The fraction of sp³-hybridized carbons (Fsp3) is 0.261. The minimum atomic E-state index is -0.195. The molecule has 3 aromatic rings. The number of pyridine rings is 2. The van der Waals surface area contributed by atoms with E-state index in [0.29, 0.717) is 5.69 Å². The van der Waals surface area contributed by atoms with Gasteiger partial charge in [0.25, 0.3) is 5.91 Å². The van der Waals surface area contributed by atoms with Crippen molar-refractivity contribution in [3.63, 3.8) is 0 Å². The monoisotopic (exact) mass is 374 g/mol. The number of nitrogens with zero attached hydrogens (tertiary/aromatic N) is 3. The summed E-state index contributed by atoms with van der Waals surface area (Å²) < 4.78 is 0. The number of carbonyl (C=O) groups excluding carboxylic acids is 1. The summed E-state index contributed by atoms with van der Waals surface area (Å²) in [5, 5.41) is 3.02. The second-order valence-electron chi connectivity index (χ2n) is 7.15. The Kier molecular flexibility index (Phi) is 6.04. The summed E-state index contributed by atoms with van der Waals surface area (Å²) in [4.78, 5) is 23.2. The van der Waals surface area contributed by atoms with Crippen molar-refractivity contribution in [3.8, 4) is 0 Å². The number of aryl methyl sites for hydroxylation is 3. The highest BCUT2D eigenvalue weighted by atomic mass is 16.1. The van der Waals surface area contributed by atoms with Crippen LogP contribution in [0.5, 0.6) is 0 Å². The lowest BCUT2D eigenvalue weighted by atomic mass is 10.0. The lowest BCUT2D eigenvalue weighted by molar-refractivity contribution is 0.102. The predicted octanol–water partition coefficient (Wildman–Crippen LogP) is 4.33. The molecule has 5 heteroatoms. The lowest BCUT2D eigenvalue weighted by Crippen LogP contribution is -2.22. The number of rotatable bonds is 6. The molecule has 0 saturated carbocycles. The van der Waals surface area contributed by atoms with Crippen LogP contribution in [0.1, 0.15) is 32.7 Å². The van der Waals surface area contributed by atoms with Crippen LogP contribution >= 0.6 is 0 Å². The zero-order valence-corrected chi connectivity index (χ0v) is 16.9. The van der Waals surface area contributed by atoms with Gasteiger partial charge >= 0.3 is 0 Å². The molecule has 0 aliphatic heterocycles. The first-order chi connectivity index (χ1) is 13.4. The number of anilines is 2. The van der Waals surface area contributed by atoms with Gasteiger partial charge in [-0.25, -0.2) is 0 Å². The van der Waals surface area contributed by atoms with Gasteiger partial charge in [-0.1, -0.05) is 17.7 Å². The number of carbonyl (C=O) groups is 1. The largest absolute Gasteiger partial charge is 0.374 e. The Morgan fingerprint density at radius 1 is 1.00 bits per heavy atom. The van der Waals surface area contributed by atoms with Crippen molar-refractivity contribution in [1.29, 1.82) is 0 Å². The molecule has 0 spiro atoms. The zero-order valence-electron chi connectivity index (χ0n) is 16.9. The number of nitrogens with one attached hydrogen (secondary N) is 1. The minimum Gasteiger partial charge on any atom is -0.374 e. The maximum atomic E-state index is 12.8. The molecule has 1 amide bonds. The average Bonchev–Trinajstić information content (AvgIpc) is 2.69. The van der Waals surface area contributed by atoms with Gasteiger partial charge in [-0.2, -0.15) is 0 Å². The Balaban J connectivity index is 1.71. The van der Waals surface area contributed by atoms with E-state index in [2.05, 4.69) is 39.2 Å². The Bertz CT molecular complexity index is 946. The number of benzene rings is 1. The summed E-state index contributed by atoms with van der Waals surface area (Å²) in [7, 11) is 2.02. The van der Waals surface area contributed by atoms with E-state index in [1.54, 1.807) is 18.6 Å². The molecule has 1 N–H and O–H groups in total. The standard InChI is InChI=1S/C23H26N4O/c1-16-13-17(2)22(18(3)14-16)26-23(28)21-15-20(7-11-25-21)27(4)12-8-19-5-9-24-10-6-19/h5-7,9-11,13-15H,8,12H2,1-4H3,(H,26,28). The third-order valence-electron chi connectivity index (χ3n) is 4.82. The van der Waals surface area contributed by atoms with Gasteiger partial charge in [0.1, 0.15) is 5.69 Å². The summed E-state index contributed by atoms with van der Waals surface area (Å²) in [5.41, 5.74) is 6.75. The summed E-state index contributed by atoms with van der Waals surface area (Å²) in [6.45, 7) is 6.91. The van der Waals surface area contributed by atoms with E-state index in [9.17, 15) is 4.79 Å². The molecule has 0 radical (unpaired) electrons.